The number of amides is 1. The summed E-state index contributed by atoms with van der Waals surface area (Å²) in [5, 5.41) is 2.82. The van der Waals surface area contributed by atoms with E-state index in [1.165, 1.54) is 6.92 Å². The highest BCUT2D eigenvalue weighted by Gasteiger charge is 2.26. The first-order chi connectivity index (χ1) is 12.8. The van der Waals surface area contributed by atoms with Gasteiger partial charge in [0.2, 0.25) is 0 Å². The first-order valence-corrected chi connectivity index (χ1v) is 8.71. The van der Waals surface area contributed by atoms with Crippen LogP contribution in [0.5, 0.6) is 0 Å². The first kappa shape index (κ1) is 20.2. The minimum Gasteiger partial charge on any atom is -0.461 e. The molecule has 0 saturated carbocycles. The van der Waals surface area contributed by atoms with Crippen molar-refractivity contribution in [2.75, 3.05) is 11.9 Å². The van der Waals surface area contributed by atoms with E-state index < -0.39 is 5.97 Å². The van der Waals surface area contributed by atoms with Gasteiger partial charge in [-0.05, 0) is 57.5 Å². The van der Waals surface area contributed by atoms with Crippen LogP contribution in [0.1, 0.15) is 56.3 Å². The Morgan fingerprint density at radius 1 is 1.19 bits per heavy atom. The number of hydrogen-bond donors (Lipinski definition) is 1. The molecule has 0 aliphatic rings. The maximum Gasteiger partial charge on any atom is 0.355 e. The highest BCUT2D eigenvalue weighted by atomic mass is 16.5. The van der Waals surface area contributed by atoms with Crippen molar-refractivity contribution in [1.29, 1.82) is 0 Å². The summed E-state index contributed by atoms with van der Waals surface area (Å²) in [5.74, 6) is -0.834. The van der Waals surface area contributed by atoms with Crippen molar-refractivity contribution < 1.29 is 19.1 Å². The van der Waals surface area contributed by atoms with Gasteiger partial charge < -0.3 is 14.6 Å². The Bertz CT molecular complexity index is 892. The summed E-state index contributed by atoms with van der Waals surface area (Å²) < 4.78 is 6.87. The number of carbonyl (C=O) groups is 3. The lowest BCUT2D eigenvalue weighted by molar-refractivity contribution is 0.0513. The van der Waals surface area contributed by atoms with Crippen LogP contribution < -0.4 is 5.32 Å². The predicted octanol–water partition coefficient (Wildman–Crippen LogP) is 3.92. The number of rotatable bonds is 7. The highest BCUT2D eigenvalue weighted by Crippen LogP contribution is 2.25. The zero-order valence-corrected chi connectivity index (χ0v) is 16.1. The second-order valence-corrected chi connectivity index (χ2v) is 6.14. The van der Waals surface area contributed by atoms with Gasteiger partial charge in [-0.15, -0.1) is 6.58 Å². The lowest BCUT2D eigenvalue weighted by atomic mass is 10.1. The van der Waals surface area contributed by atoms with Crippen LogP contribution in [0.2, 0.25) is 0 Å². The molecule has 1 heterocycles. The summed E-state index contributed by atoms with van der Waals surface area (Å²) in [6.45, 7) is 11.1. The van der Waals surface area contributed by atoms with E-state index in [0.29, 0.717) is 40.3 Å². The third-order valence-corrected chi connectivity index (χ3v) is 4.32. The molecular formula is C21H24N2O4. The molecule has 0 radical (unpaired) electrons. The Kier molecular flexibility index (Phi) is 6.34. The fraction of sp³-hybridized carbons (Fsp3) is 0.286. The molecule has 0 spiro atoms. The molecule has 0 aliphatic carbocycles. The highest BCUT2D eigenvalue weighted by molar-refractivity contribution is 6.08. The van der Waals surface area contributed by atoms with Crippen LogP contribution in [-0.2, 0) is 11.3 Å². The number of Topliss-reactive ketones (excluding diaryl/α,β-unsaturated/α-hetero) is 1. The fourth-order valence-electron chi connectivity index (χ4n) is 3.03. The summed E-state index contributed by atoms with van der Waals surface area (Å²) in [4.78, 5) is 36.6. The van der Waals surface area contributed by atoms with Crippen molar-refractivity contribution in [1.82, 2.24) is 4.57 Å². The molecule has 0 unspecified atom stereocenters. The van der Waals surface area contributed by atoms with E-state index in [4.69, 9.17) is 4.74 Å². The van der Waals surface area contributed by atoms with Gasteiger partial charge in [0, 0.05) is 23.5 Å². The molecule has 6 heteroatoms. The number of ketones is 1. The molecule has 0 bridgehead atoms. The van der Waals surface area contributed by atoms with Crippen LogP contribution in [0, 0.1) is 13.8 Å². The molecule has 1 aromatic heterocycles. The van der Waals surface area contributed by atoms with E-state index in [1.807, 2.05) is 0 Å². The number of aromatic nitrogens is 1. The largest absolute Gasteiger partial charge is 0.461 e. The number of allylic oxidation sites excluding steroid dienone is 1. The van der Waals surface area contributed by atoms with Crippen LogP contribution in [0.25, 0.3) is 0 Å². The number of esters is 1. The smallest absolute Gasteiger partial charge is 0.355 e. The number of carbonyl (C=O) groups excluding carboxylic acids is 3. The number of benzene rings is 1. The van der Waals surface area contributed by atoms with Gasteiger partial charge in [0.05, 0.1) is 12.2 Å². The minimum absolute atomic E-state index is 0.0415. The van der Waals surface area contributed by atoms with Crippen molar-refractivity contribution in [2.24, 2.45) is 0 Å². The number of ether oxygens (including phenoxy) is 1. The van der Waals surface area contributed by atoms with E-state index in [-0.39, 0.29) is 18.3 Å². The maximum absolute atomic E-state index is 12.9. The Balaban J connectivity index is 2.40. The van der Waals surface area contributed by atoms with Gasteiger partial charge in [-0.3, -0.25) is 9.59 Å². The molecular weight excluding hydrogens is 344 g/mol. The molecule has 2 rings (SSSR count). The van der Waals surface area contributed by atoms with Crippen LogP contribution in [0.4, 0.5) is 5.69 Å². The van der Waals surface area contributed by atoms with Crippen molar-refractivity contribution in [3.8, 4) is 0 Å². The molecule has 1 aromatic carbocycles. The van der Waals surface area contributed by atoms with Crippen LogP contribution >= 0.6 is 0 Å². The number of nitrogens with one attached hydrogen (secondary N) is 1. The summed E-state index contributed by atoms with van der Waals surface area (Å²) >= 11 is 0. The van der Waals surface area contributed by atoms with Gasteiger partial charge in [0.1, 0.15) is 5.69 Å². The number of anilines is 1. The second-order valence-electron chi connectivity index (χ2n) is 6.14. The molecule has 1 amide bonds. The maximum atomic E-state index is 12.9. The van der Waals surface area contributed by atoms with Crippen molar-refractivity contribution in [3.05, 3.63) is 65.0 Å². The van der Waals surface area contributed by atoms with Gasteiger partial charge in [0.25, 0.3) is 5.91 Å². The third kappa shape index (κ3) is 4.16. The molecule has 0 fully saturated rings. The summed E-state index contributed by atoms with van der Waals surface area (Å²) in [7, 11) is 0. The van der Waals surface area contributed by atoms with E-state index in [9.17, 15) is 14.4 Å². The van der Waals surface area contributed by atoms with Crippen LogP contribution in [0.3, 0.4) is 0 Å². The van der Waals surface area contributed by atoms with E-state index in [1.54, 1.807) is 55.7 Å². The second kappa shape index (κ2) is 8.49. The average Bonchev–Trinajstić information content (AvgIpc) is 2.86. The summed E-state index contributed by atoms with van der Waals surface area (Å²) in [6.07, 6.45) is 1.66. The Morgan fingerprint density at radius 2 is 1.81 bits per heavy atom. The van der Waals surface area contributed by atoms with Gasteiger partial charge in [-0.25, -0.2) is 4.79 Å². The van der Waals surface area contributed by atoms with Gasteiger partial charge >= 0.3 is 5.97 Å². The Labute approximate surface area is 158 Å². The molecule has 142 valence electrons. The SMILES string of the molecule is C=CCn1c(C)c(C(=O)Nc2ccc(C(C)=O)cc2)c(C)c1C(=O)OCC. The summed E-state index contributed by atoms with van der Waals surface area (Å²) in [6, 6.07) is 6.66. The quantitative estimate of drug-likeness (QED) is 0.456. The number of hydrogen-bond acceptors (Lipinski definition) is 4. The van der Waals surface area contributed by atoms with Gasteiger partial charge in [-0.2, -0.15) is 0 Å². The monoisotopic (exact) mass is 368 g/mol. The van der Waals surface area contributed by atoms with Gasteiger partial charge in [0.15, 0.2) is 5.78 Å². The van der Waals surface area contributed by atoms with Gasteiger partial charge in [-0.1, -0.05) is 6.08 Å². The predicted molar refractivity (Wildman–Crippen MR) is 104 cm³/mol. The van der Waals surface area contributed by atoms with Crippen molar-refractivity contribution in [3.63, 3.8) is 0 Å². The number of nitrogens with zero attached hydrogens (tertiary/aromatic N) is 1. The van der Waals surface area contributed by atoms with E-state index in [2.05, 4.69) is 11.9 Å². The molecule has 0 aliphatic heterocycles. The normalized spacial score (nSPS) is 10.4. The zero-order chi connectivity index (χ0) is 20.1. The average molecular weight is 368 g/mol. The lowest BCUT2D eigenvalue weighted by Crippen LogP contribution is -2.14. The van der Waals surface area contributed by atoms with Crippen molar-refractivity contribution in [2.45, 2.75) is 34.2 Å². The van der Waals surface area contributed by atoms with E-state index >= 15 is 0 Å². The van der Waals surface area contributed by atoms with E-state index in [0.717, 1.165) is 0 Å². The molecule has 0 atom stereocenters. The first-order valence-electron chi connectivity index (χ1n) is 8.71. The Hall–Kier alpha value is -3.15. The molecule has 2 aromatic rings. The fourth-order valence-corrected chi connectivity index (χ4v) is 3.03. The molecule has 6 nitrogen and oxygen atoms in total. The van der Waals surface area contributed by atoms with Crippen molar-refractivity contribution >= 4 is 23.3 Å². The molecule has 0 saturated heterocycles. The Morgan fingerprint density at radius 3 is 2.33 bits per heavy atom. The summed E-state index contributed by atoms with van der Waals surface area (Å²) in [5.41, 5.74) is 3.14. The lowest BCUT2D eigenvalue weighted by Gasteiger charge is -2.09. The minimum atomic E-state index is -0.468. The van der Waals surface area contributed by atoms with Crippen LogP contribution in [-0.4, -0.2) is 28.8 Å². The molecule has 27 heavy (non-hydrogen) atoms. The van der Waals surface area contributed by atoms with Crippen LogP contribution in [0.15, 0.2) is 36.9 Å². The standard InChI is InChI=1S/C21H24N2O4/c1-6-12-23-14(4)18(13(3)19(23)21(26)27-7-2)20(25)22-17-10-8-16(9-11-17)15(5)24/h6,8-11H,1,7,12H2,2-5H3,(H,22,25). The zero-order valence-electron chi connectivity index (χ0n) is 16.1. The molecule has 1 N–H and O–H groups in total. The third-order valence-electron chi connectivity index (χ3n) is 4.32. The topological polar surface area (TPSA) is 77.4 Å².